The van der Waals surface area contributed by atoms with Crippen LogP contribution >= 0.6 is 11.3 Å². The van der Waals surface area contributed by atoms with Gasteiger partial charge in [-0.05, 0) is 62.4 Å². The lowest BCUT2D eigenvalue weighted by Gasteiger charge is -2.37. The molecule has 6 nitrogen and oxygen atoms in total. The number of hydrogen-bond acceptors (Lipinski definition) is 6. The number of carbonyl (C=O) groups excluding carboxylic acids is 1. The van der Waals surface area contributed by atoms with Gasteiger partial charge in [0.05, 0.1) is 25.3 Å². The monoisotopic (exact) mass is 446 g/mol. The highest BCUT2D eigenvalue weighted by Crippen LogP contribution is 2.34. The summed E-state index contributed by atoms with van der Waals surface area (Å²) in [5, 5.41) is 12.3. The Labute approximate surface area is 189 Å². The molecular weight excluding hydrogens is 412 g/mol. The Morgan fingerprint density at radius 1 is 1.32 bits per heavy atom. The molecule has 1 aromatic heterocycles. The van der Waals surface area contributed by atoms with Crippen molar-refractivity contribution in [1.29, 1.82) is 0 Å². The Morgan fingerprint density at radius 3 is 2.81 bits per heavy atom. The van der Waals surface area contributed by atoms with E-state index in [-0.39, 0.29) is 11.9 Å². The van der Waals surface area contributed by atoms with Crippen LogP contribution in [-0.2, 0) is 11.2 Å². The molecule has 1 aromatic carbocycles. The second-order valence-electron chi connectivity index (χ2n) is 8.67. The summed E-state index contributed by atoms with van der Waals surface area (Å²) in [6, 6.07) is 9.52. The van der Waals surface area contributed by atoms with Gasteiger partial charge in [-0.25, -0.2) is 0 Å². The van der Waals surface area contributed by atoms with Crippen molar-refractivity contribution in [2.75, 3.05) is 39.9 Å². The average Bonchev–Trinajstić information content (AvgIpc) is 3.20. The zero-order valence-electron chi connectivity index (χ0n) is 19.0. The molecule has 0 aliphatic carbocycles. The summed E-state index contributed by atoms with van der Waals surface area (Å²) in [6.07, 6.45) is 1.80. The van der Waals surface area contributed by atoms with Crippen LogP contribution in [0.1, 0.15) is 43.7 Å². The number of rotatable bonds is 10. The Balaban J connectivity index is 1.74. The number of methoxy groups -OCH3 is 1. The second-order valence-corrected chi connectivity index (χ2v) is 9.67. The van der Waals surface area contributed by atoms with Gasteiger partial charge in [-0.3, -0.25) is 9.69 Å². The molecule has 7 heteroatoms. The number of thiophene rings is 1. The molecule has 1 aliphatic rings. The first-order valence-electron chi connectivity index (χ1n) is 10.9. The van der Waals surface area contributed by atoms with E-state index >= 15 is 0 Å². The van der Waals surface area contributed by atoms with Crippen molar-refractivity contribution in [2.45, 2.75) is 45.3 Å². The summed E-state index contributed by atoms with van der Waals surface area (Å²) in [7, 11) is 1.63. The van der Waals surface area contributed by atoms with Crippen LogP contribution in [0.4, 0.5) is 0 Å². The van der Waals surface area contributed by atoms with Crippen LogP contribution in [0.25, 0.3) is 0 Å². The average molecular weight is 447 g/mol. The predicted molar refractivity (Wildman–Crippen MR) is 124 cm³/mol. The smallest absolute Gasteiger partial charge is 0.237 e. The first-order chi connectivity index (χ1) is 14.8. The number of carbonyl (C=O) groups is 1. The van der Waals surface area contributed by atoms with Gasteiger partial charge < -0.3 is 19.5 Å². The minimum Gasteiger partial charge on any atom is -0.497 e. The van der Waals surface area contributed by atoms with E-state index in [9.17, 15) is 9.90 Å². The van der Waals surface area contributed by atoms with Crippen LogP contribution in [0.15, 0.2) is 35.7 Å². The maximum Gasteiger partial charge on any atom is 0.237 e. The van der Waals surface area contributed by atoms with Crippen LogP contribution < -0.4 is 9.47 Å². The van der Waals surface area contributed by atoms with E-state index in [0.29, 0.717) is 26.2 Å². The van der Waals surface area contributed by atoms with E-state index < -0.39 is 5.60 Å². The Kier molecular flexibility index (Phi) is 7.97. The SMILES string of the molecule is CCCN(CC(=O)N1CCc2sccc2C1COc1cccc(OC)c1)CC(C)(C)O. The number of aliphatic hydroxyl groups is 1. The first kappa shape index (κ1) is 23.6. The quantitative estimate of drug-likeness (QED) is 0.602. The number of ether oxygens (including phenoxy) is 2. The largest absolute Gasteiger partial charge is 0.497 e. The molecule has 170 valence electrons. The third kappa shape index (κ3) is 6.45. The molecule has 1 N–H and O–H groups in total. The highest BCUT2D eigenvalue weighted by molar-refractivity contribution is 7.10. The second kappa shape index (κ2) is 10.5. The van der Waals surface area contributed by atoms with Crippen LogP contribution in [0.2, 0.25) is 0 Å². The molecule has 0 saturated carbocycles. The molecule has 2 aromatic rings. The number of benzene rings is 1. The summed E-state index contributed by atoms with van der Waals surface area (Å²) in [6.45, 7) is 8.27. The Bertz CT molecular complexity index is 861. The Morgan fingerprint density at radius 2 is 2.10 bits per heavy atom. The lowest BCUT2D eigenvalue weighted by atomic mass is 10.00. The van der Waals surface area contributed by atoms with Gasteiger partial charge in [0.2, 0.25) is 5.91 Å². The van der Waals surface area contributed by atoms with E-state index in [2.05, 4.69) is 18.4 Å². The fraction of sp³-hybridized carbons (Fsp3) is 0.542. The minimum absolute atomic E-state index is 0.0776. The van der Waals surface area contributed by atoms with E-state index in [1.807, 2.05) is 34.1 Å². The van der Waals surface area contributed by atoms with E-state index in [4.69, 9.17) is 9.47 Å². The fourth-order valence-electron chi connectivity index (χ4n) is 4.10. The van der Waals surface area contributed by atoms with Gasteiger partial charge in [-0.15, -0.1) is 11.3 Å². The molecule has 0 bridgehead atoms. The van der Waals surface area contributed by atoms with Gasteiger partial charge in [0.15, 0.2) is 0 Å². The van der Waals surface area contributed by atoms with Crippen LogP contribution in [0.3, 0.4) is 0 Å². The highest BCUT2D eigenvalue weighted by Gasteiger charge is 2.33. The zero-order valence-corrected chi connectivity index (χ0v) is 19.8. The molecule has 3 rings (SSSR count). The maximum absolute atomic E-state index is 13.4. The van der Waals surface area contributed by atoms with Crippen LogP contribution in [0, 0.1) is 0 Å². The number of fused-ring (bicyclic) bond motifs is 1. The van der Waals surface area contributed by atoms with Crippen molar-refractivity contribution in [1.82, 2.24) is 9.80 Å². The summed E-state index contributed by atoms with van der Waals surface area (Å²) >= 11 is 1.74. The van der Waals surface area contributed by atoms with E-state index in [0.717, 1.165) is 30.9 Å². The normalized spacial score (nSPS) is 16.3. The molecule has 2 heterocycles. The third-order valence-electron chi connectivity index (χ3n) is 5.37. The topological polar surface area (TPSA) is 62.2 Å². The molecule has 1 aliphatic heterocycles. The van der Waals surface area contributed by atoms with Crippen molar-refractivity contribution in [2.24, 2.45) is 0 Å². The predicted octanol–water partition coefficient (Wildman–Crippen LogP) is 3.74. The van der Waals surface area contributed by atoms with Crippen LogP contribution in [0.5, 0.6) is 11.5 Å². The minimum atomic E-state index is -0.841. The van der Waals surface area contributed by atoms with E-state index in [1.165, 1.54) is 10.4 Å². The third-order valence-corrected chi connectivity index (χ3v) is 6.37. The number of amides is 1. The van der Waals surface area contributed by atoms with Crippen molar-refractivity contribution in [3.05, 3.63) is 46.2 Å². The summed E-state index contributed by atoms with van der Waals surface area (Å²) < 4.78 is 11.4. The molecule has 1 atom stereocenters. The summed E-state index contributed by atoms with van der Waals surface area (Å²) in [5.41, 5.74) is 0.337. The number of hydrogen-bond donors (Lipinski definition) is 1. The maximum atomic E-state index is 13.4. The van der Waals surface area contributed by atoms with Gasteiger partial charge in [0, 0.05) is 24.0 Å². The molecule has 0 radical (unpaired) electrons. The molecule has 31 heavy (non-hydrogen) atoms. The molecule has 0 spiro atoms. The van der Waals surface area contributed by atoms with Gasteiger partial charge in [0.25, 0.3) is 0 Å². The Hall–Kier alpha value is -2.09. The molecule has 1 amide bonds. The van der Waals surface area contributed by atoms with Crippen molar-refractivity contribution in [3.8, 4) is 11.5 Å². The van der Waals surface area contributed by atoms with Gasteiger partial charge in [-0.1, -0.05) is 13.0 Å². The molecule has 1 unspecified atom stereocenters. The fourth-order valence-corrected chi connectivity index (χ4v) is 5.03. The first-order valence-corrected chi connectivity index (χ1v) is 11.8. The lowest BCUT2D eigenvalue weighted by Crippen LogP contribution is -2.49. The van der Waals surface area contributed by atoms with Crippen molar-refractivity contribution in [3.63, 3.8) is 0 Å². The molecule has 0 fully saturated rings. The molecule has 0 saturated heterocycles. The van der Waals surface area contributed by atoms with Gasteiger partial charge >= 0.3 is 0 Å². The highest BCUT2D eigenvalue weighted by atomic mass is 32.1. The zero-order chi connectivity index (χ0) is 22.4. The lowest BCUT2D eigenvalue weighted by molar-refractivity contribution is -0.136. The summed E-state index contributed by atoms with van der Waals surface area (Å²) in [5.74, 6) is 1.55. The summed E-state index contributed by atoms with van der Waals surface area (Å²) in [4.78, 5) is 18.7. The van der Waals surface area contributed by atoms with Crippen molar-refractivity contribution >= 4 is 17.2 Å². The standard InChI is InChI=1S/C24H34N2O4S/c1-5-11-25(17-24(2,3)28)15-23(27)26-12-9-22-20(10-13-31-22)21(26)16-30-19-8-6-7-18(14-19)29-4/h6-8,10,13-14,21,28H,5,9,11-12,15-17H2,1-4H3. The van der Waals surface area contributed by atoms with Gasteiger partial charge in [-0.2, -0.15) is 0 Å². The van der Waals surface area contributed by atoms with E-state index in [1.54, 1.807) is 32.3 Å². The van der Waals surface area contributed by atoms with Crippen molar-refractivity contribution < 1.29 is 19.4 Å². The number of nitrogens with zero attached hydrogens (tertiary/aromatic N) is 2. The van der Waals surface area contributed by atoms with Gasteiger partial charge in [0.1, 0.15) is 18.1 Å². The molecular formula is C24H34N2O4S. The van der Waals surface area contributed by atoms with Crippen LogP contribution in [-0.4, -0.2) is 66.3 Å².